The van der Waals surface area contributed by atoms with Crippen molar-refractivity contribution in [1.82, 2.24) is 9.78 Å². The number of nitrogens with one attached hydrogen (secondary N) is 1. The number of aryl methyl sites for hydroxylation is 1. The minimum absolute atomic E-state index is 0.0322. The Morgan fingerprint density at radius 1 is 1.18 bits per heavy atom. The van der Waals surface area contributed by atoms with Crippen LogP contribution < -0.4 is 10.6 Å². The predicted molar refractivity (Wildman–Crippen MR) is 113 cm³/mol. The van der Waals surface area contributed by atoms with Crippen molar-refractivity contribution in [2.24, 2.45) is 0 Å². The van der Waals surface area contributed by atoms with Crippen molar-refractivity contribution in [3.63, 3.8) is 0 Å². The molecule has 3 rings (SSSR count). The van der Waals surface area contributed by atoms with Gasteiger partial charge in [0.25, 0.3) is 5.91 Å². The Morgan fingerprint density at radius 2 is 1.89 bits per heavy atom. The Kier molecular flexibility index (Phi) is 6.39. The van der Waals surface area contributed by atoms with E-state index in [-0.39, 0.29) is 18.5 Å². The third-order valence-corrected chi connectivity index (χ3v) is 5.23. The number of halogens is 2. The summed E-state index contributed by atoms with van der Waals surface area (Å²) in [7, 11) is 0. The molecule has 0 aliphatic heterocycles. The zero-order valence-corrected chi connectivity index (χ0v) is 17.6. The number of benzene rings is 2. The summed E-state index contributed by atoms with van der Waals surface area (Å²) in [6.45, 7) is 6.12. The first-order valence-corrected chi connectivity index (χ1v) is 9.82. The van der Waals surface area contributed by atoms with Crippen molar-refractivity contribution in [2.75, 3.05) is 11.9 Å². The van der Waals surface area contributed by atoms with Crippen molar-refractivity contribution in [3.8, 4) is 5.69 Å². The van der Waals surface area contributed by atoms with E-state index < -0.39 is 0 Å². The summed E-state index contributed by atoms with van der Waals surface area (Å²) < 4.78 is 1.84. The van der Waals surface area contributed by atoms with Crippen LogP contribution >= 0.6 is 23.2 Å². The van der Waals surface area contributed by atoms with Gasteiger partial charge in [0.05, 0.1) is 27.8 Å². The largest absolute Gasteiger partial charge is 0.332 e. The Morgan fingerprint density at radius 3 is 2.57 bits per heavy atom. The van der Waals surface area contributed by atoms with E-state index in [4.69, 9.17) is 23.2 Å². The minimum Gasteiger partial charge on any atom is -0.332 e. The molecule has 3 N–H and O–H groups in total. The average Bonchev–Trinajstić information content (AvgIpc) is 2.95. The number of aromatic nitrogens is 2. The second-order valence-electron chi connectivity index (χ2n) is 6.74. The summed E-state index contributed by atoms with van der Waals surface area (Å²) in [5.41, 5.74) is 4.33. The molecule has 0 saturated carbocycles. The molecule has 1 heterocycles. The number of carbonyl (C=O) groups excluding carboxylic acids is 1. The topological polar surface area (TPSA) is 63.5 Å². The number of amides is 1. The highest BCUT2D eigenvalue weighted by Crippen LogP contribution is 2.25. The number of carbonyl (C=O) groups is 1. The number of quaternary nitrogens is 1. The average molecular weight is 418 g/mol. The second-order valence-corrected chi connectivity index (χ2v) is 7.58. The fraction of sp³-hybridized carbons (Fsp3) is 0.238. The van der Waals surface area contributed by atoms with E-state index in [1.807, 2.05) is 67.2 Å². The van der Waals surface area contributed by atoms with Crippen molar-refractivity contribution in [1.29, 1.82) is 0 Å². The maximum Gasteiger partial charge on any atom is 0.279 e. The first-order chi connectivity index (χ1) is 13.4. The van der Waals surface area contributed by atoms with Crippen molar-refractivity contribution in [3.05, 3.63) is 75.5 Å². The number of nitrogens with two attached hydrogens (primary N) is 1. The van der Waals surface area contributed by atoms with Crippen LogP contribution in [-0.4, -0.2) is 22.2 Å². The highest BCUT2D eigenvalue weighted by molar-refractivity contribution is 6.35. The van der Waals surface area contributed by atoms with Crippen LogP contribution in [0.1, 0.15) is 29.9 Å². The van der Waals surface area contributed by atoms with E-state index in [1.165, 1.54) is 0 Å². The van der Waals surface area contributed by atoms with E-state index in [0.29, 0.717) is 10.0 Å². The van der Waals surface area contributed by atoms with Gasteiger partial charge in [-0.15, -0.1) is 0 Å². The Labute approximate surface area is 174 Å². The molecule has 0 saturated heterocycles. The lowest BCUT2D eigenvalue weighted by atomic mass is 10.1. The molecule has 0 bridgehead atoms. The molecule has 1 atom stereocenters. The molecule has 28 heavy (non-hydrogen) atoms. The zero-order valence-electron chi connectivity index (χ0n) is 16.0. The van der Waals surface area contributed by atoms with E-state index in [9.17, 15) is 4.79 Å². The molecule has 0 spiro atoms. The van der Waals surface area contributed by atoms with Gasteiger partial charge >= 0.3 is 0 Å². The minimum atomic E-state index is -0.0873. The number of hydrogen-bond donors (Lipinski definition) is 2. The highest BCUT2D eigenvalue weighted by Gasteiger charge is 2.18. The van der Waals surface area contributed by atoms with Crippen LogP contribution in [-0.2, 0) is 4.79 Å². The molecule has 5 nitrogen and oxygen atoms in total. The van der Waals surface area contributed by atoms with Crippen LogP contribution in [0.15, 0.2) is 48.5 Å². The Hall–Kier alpha value is -2.34. The van der Waals surface area contributed by atoms with Crippen LogP contribution in [0.4, 0.5) is 5.69 Å². The number of hydrogen-bond acceptors (Lipinski definition) is 2. The van der Waals surface area contributed by atoms with E-state index in [0.717, 1.165) is 28.3 Å². The summed E-state index contributed by atoms with van der Waals surface area (Å²) >= 11 is 12.2. The van der Waals surface area contributed by atoms with Crippen molar-refractivity contribution >= 4 is 34.8 Å². The maximum atomic E-state index is 12.5. The van der Waals surface area contributed by atoms with Crippen LogP contribution in [0.5, 0.6) is 0 Å². The lowest BCUT2D eigenvalue weighted by Gasteiger charge is -2.13. The van der Waals surface area contributed by atoms with Crippen molar-refractivity contribution in [2.45, 2.75) is 26.8 Å². The number of rotatable bonds is 6. The summed E-state index contributed by atoms with van der Waals surface area (Å²) in [6, 6.07) is 15.3. The first-order valence-electron chi connectivity index (χ1n) is 9.06. The third kappa shape index (κ3) is 4.55. The van der Waals surface area contributed by atoms with Crippen LogP contribution in [0.2, 0.25) is 10.0 Å². The van der Waals surface area contributed by atoms with Gasteiger partial charge in [-0.05, 0) is 45.0 Å². The van der Waals surface area contributed by atoms with E-state index in [2.05, 4.69) is 10.4 Å². The van der Waals surface area contributed by atoms with Crippen LogP contribution in [0, 0.1) is 13.8 Å². The Balaban J connectivity index is 1.66. The van der Waals surface area contributed by atoms with Gasteiger partial charge in [-0.2, -0.15) is 5.10 Å². The predicted octanol–water partition coefficient (Wildman–Crippen LogP) is 4.06. The van der Waals surface area contributed by atoms with Gasteiger partial charge in [-0.3, -0.25) is 4.79 Å². The van der Waals surface area contributed by atoms with Gasteiger partial charge in [0, 0.05) is 10.6 Å². The van der Waals surface area contributed by atoms with Crippen molar-refractivity contribution < 1.29 is 10.1 Å². The normalized spacial score (nSPS) is 12.0. The van der Waals surface area contributed by atoms with Crippen LogP contribution in [0.3, 0.4) is 0 Å². The molecule has 0 aliphatic rings. The number of para-hydroxylation sites is 1. The lowest BCUT2D eigenvalue weighted by Crippen LogP contribution is -2.86. The second kappa shape index (κ2) is 8.78. The van der Waals surface area contributed by atoms with Gasteiger partial charge < -0.3 is 10.6 Å². The van der Waals surface area contributed by atoms with Gasteiger partial charge in [-0.1, -0.05) is 47.5 Å². The van der Waals surface area contributed by atoms with E-state index >= 15 is 0 Å². The molecular formula is C21H23Cl2N4O+. The van der Waals surface area contributed by atoms with Crippen LogP contribution in [0.25, 0.3) is 5.69 Å². The molecule has 3 aromatic rings. The standard InChI is InChI=1S/C21H22Cl2N4O/c1-13(18-10-9-16(22)11-19(18)23)24-12-20(28)25-21-14(2)26-27(15(21)3)17-7-5-4-6-8-17/h4-11,13,24H,12H2,1-3H3,(H,25,28)/p+1/t13-/m0/s1. The molecule has 0 unspecified atom stereocenters. The third-order valence-electron chi connectivity index (χ3n) is 4.67. The summed E-state index contributed by atoms with van der Waals surface area (Å²) in [6.07, 6.45) is 0. The molecule has 0 radical (unpaired) electrons. The molecule has 0 fully saturated rings. The summed E-state index contributed by atoms with van der Waals surface area (Å²) in [5.74, 6) is -0.0873. The fourth-order valence-corrected chi connectivity index (χ4v) is 3.70. The molecule has 1 aromatic heterocycles. The molecule has 0 aliphatic carbocycles. The molecule has 146 valence electrons. The van der Waals surface area contributed by atoms with Gasteiger partial charge in [0.1, 0.15) is 6.04 Å². The SMILES string of the molecule is Cc1nn(-c2ccccc2)c(C)c1NC(=O)C[NH2+][C@@H](C)c1ccc(Cl)cc1Cl. The highest BCUT2D eigenvalue weighted by atomic mass is 35.5. The smallest absolute Gasteiger partial charge is 0.279 e. The molecule has 2 aromatic carbocycles. The quantitative estimate of drug-likeness (QED) is 0.634. The molecular weight excluding hydrogens is 395 g/mol. The number of nitrogens with zero attached hydrogens (tertiary/aromatic N) is 2. The van der Waals surface area contributed by atoms with Gasteiger partial charge in [0.15, 0.2) is 6.54 Å². The monoisotopic (exact) mass is 417 g/mol. The zero-order chi connectivity index (χ0) is 20.3. The summed E-state index contributed by atoms with van der Waals surface area (Å²) in [5, 5.41) is 10.7. The van der Waals surface area contributed by atoms with Gasteiger partial charge in [0.2, 0.25) is 0 Å². The van der Waals surface area contributed by atoms with Gasteiger partial charge in [-0.25, -0.2) is 4.68 Å². The number of anilines is 1. The fourth-order valence-electron chi connectivity index (χ4n) is 3.12. The lowest BCUT2D eigenvalue weighted by molar-refractivity contribution is -0.682. The maximum absolute atomic E-state index is 12.5. The summed E-state index contributed by atoms with van der Waals surface area (Å²) in [4.78, 5) is 12.5. The first kappa shape index (κ1) is 20.4. The molecule has 7 heteroatoms. The Bertz CT molecular complexity index is 986. The van der Waals surface area contributed by atoms with E-state index in [1.54, 1.807) is 12.1 Å². The molecule has 1 amide bonds.